The Bertz CT molecular complexity index is 757. The smallest absolute Gasteiger partial charge is 0.291 e. The van der Waals surface area contributed by atoms with Gasteiger partial charge in [-0.05, 0) is 55.0 Å². The van der Waals surface area contributed by atoms with E-state index in [0.717, 1.165) is 25.1 Å². The van der Waals surface area contributed by atoms with Gasteiger partial charge in [0.1, 0.15) is 0 Å². The molecule has 0 bridgehead atoms. The highest BCUT2D eigenvalue weighted by Gasteiger charge is 2.26. The Morgan fingerprint density at radius 2 is 1.88 bits per heavy atom. The molecule has 0 radical (unpaired) electrons. The van der Waals surface area contributed by atoms with Crippen molar-refractivity contribution in [2.45, 2.75) is 27.2 Å². The SMILES string of the molecule is Cc1ccc(C(=O)N2CC(C)CC(C)C2)cc1NC(=O)c1ccco1. The molecule has 0 aliphatic carbocycles. The summed E-state index contributed by atoms with van der Waals surface area (Å²) in [5.41, 5.74) is 2.13. The molecule has 1 aliphatic rings. The number of carbonyl (C=O) groups is 2. The summed E-state index contributed by atoms with van der Waals surface area (Å²) in [5, 5.41) is 2.82. The Morgan fingerprint density at radius 3 is 2.52 bits per heavy atom. The van der Waals surface area contributed by atoms with Gasteiger partial charge in [-0.2, -0.15) is 0 Å². The van der Waals surface area contributed by atoms with Crippen LogP contribution in [0.3, 0.4) is 0 Å². The first-order valence-corrected chi connectivity index (χ1v) is 8.69. The van der Waals surface area contributed by atoms with Gasteiger partial charge in [0.15, 0.2) is 5.76 Å². The highest BCUT2D eigenvalue weighted by molar-refractivity contribution is 6.03. The van der Waals surface area contributed by atoms with Gasteiger partial charge in [0.2, 0.25) is 0 Å². The number of amides is 2. The highest BCUT2D eigenvalue weighted by atomic mass is 16.3. The zero-order valence-corrected chi connectivity index (χ0v) is 14.9. The minimum absolute atomic E-state index is 0.0203. The number of hydrogen-bond acceptors (Lipinski definition) is 3. The molecule has 1 aliphatic heterocycles. The predicted octanol–water partition coefficient (Wildman–Crippen LogP) is 3.96. The summed E-state index contributed by atoms with van der Waals surface area (Å²) < 4.78 is 5.12. The molecule has 2 amide bonds. The van der Waals surface area contributed by atoms with Crippen molar-refractivity contribution in [3.63, 3.8) is 0 Å². The number of nitrogens with one attached hydrogen (secondary N) is 1. The molecule has 1 fully saturated rings. The van der Waals surface area contributed by atoms with E-state index in [1.54, 1.807) is 18.2 Å². The molecule has 0 saturated carbocycles. The second-order valence-electron chi connectivity index (χ2n) is 7.12. The number of nitrogens with zero attached hydrogens (tertiary/aromatic N) is 1. The lowest BCUT2D eigenvalue weighted by Gasteiger charge is -2.35. The lowest BCUT2D eigenvalue weighted by atomic mass is 9.91. The molecule has 25 heavy (non-hydrogen) atoms. The molecular formula is C20H24N2O3. The summed E-state index contributed by atoms with van der Waals surface area (Å²) in [5.74, 6) is 0.965. The van der Waals surface area contributed by atoms with E-state index in [1.807, 2.05) is 24.0 Å². The Kier molecular flexibility index (Phi) is 4.93. The van der Waals surface area contributed by atoms with Crippen LogP contribution in [0.5, 0.6) is 0 Å². The van der Waals surface area contributed by atoms with Gasteiger partial charge in [-0.15, -0.1) is 0 Å². The molecule has 2 heterocycles. The van der Waals surface area contributed by atoms with E-state index in [9.17, 15) is 9.59 Å². The summed E-state index contributed by atoms with van der Waals surface area (Å²) in [6, 6.07) is 8.71. The van der Waals surface area contributed by atoms with Crippen LogP contribution in [0.4, 0.5) is 5.69 Å². The first-order chi connectivity index (χ1) is 11.9. The van der Waals surface area contributed by atoms with Gasteiger partial charge in [0.25, 0.3) is 11.8 Å². The monoisotopic (exact) mass is 340 g/mol. The van der Waals surface area contributed by atoms with Crippen LogP contribution in [0.25, 0.3) is 0 Å². The van der Waals surface area contributed by atoms with Crippen molar-refractivity contribution in [2.75, 3.05) is 18.4 Å². The number of likely N-dealkylation sites (tertiary alicyclic amines) is 1. The Labute approximate surface area is 148 Å². The maximum absolute atomic E-state index is 12.9. The Hall–Kier alpha value is -2.56. The second-order valence-corrected chi connectivity index (χ2v) is 7.12. The fourth-order valence-electron chi connectivity index (χ4n) is 3.49. The topological polar surface area (TPSA) is 62.6 Å². The predicted molar refractivity (Wildman–Crippen MR) is 96.7 cm³/mol. The molecule has 2 atom stereocenters. The summed E-state index contributed by atoms with van der Waals surface area (Å²) in [7, 11) is 0. The first kappa shape index (κ1) is 17.3. The Balaban J connectivity index is 1.79. The van der Waals surface area contributed by atoms with Crippen LogP contribution in [0, 0.1) is 18.8 Å². The molecule has 5 heteroatoms. The number of piperidine rings is 1. The molecule has 0 spiro atoms. The van der Waals surface area contributed by atoms with Gasteiger partial charge >= 0.3 is 0 Å². The van der Waals surface area contributed by atoms with Crippen molar-refractivity contribution in [1.29, 1.82) is 0 Å². The zero-order chi connectivity index (χ0) is 18.0. The van der Waals surface area contributed by atoms with Gasteiger partial charge in [-0.25, -0.2) is 0 Å². The van der Waals surface area contributed by atoms with Crippen molar-refractivity contribution >= 4 is 17.5 Å². The van der Waals surface area contributed by atoms with Crippen LogP contribution in [0.2, 0.25) is 0 Å². The number of furan rings is 1. The average molecular weight is 340 g/mol. The van der Waals surface area contributed by atoms with Crippen molar-refractivity contribution in [3.8, 4) is 0 Å². The maximum atomic E-state index is 12.9. The van der Waals surface area contributed by atoms with E-state index in [2.05, 4.69) is 19.2 Å². The van der Waals surface area contributed by atoms with Crippen molar-refractivity contribution in [3.05, 3.63) is 53.5 Å². The van der Waals surface area contributed by atoms with Gasteiger partial charge < -0.3 is 14.6 Å². The third-order valence-corrected chi connectivity index (χ3v) is 4.63. The minimum Gasteiger partial charge on any atom is -0.459 e. The van der Waals surface area contributed by atoms with Gasteiger partial charge in [0, 0.05) is 24.3 Å². The van der Waals surface area contributed by atoms with Gasteiger partial charge in [-0.1, -0.05) is 19.9 Å². The normalized spacial score (nSPS) is 20.4. The molecule has 2 unspecified atom stereocenters. The van der Waals surface area contributed by atoms with Crippen molar-refractivity contribution in [1.82, 2.24) is 4.90 Å². The number of carbonyl (C=O) groups excluding carboxylic acids is 2. The van der Waals surface area contributed by atoms with E-state index in [4.69, 9.17) is 4.42 Å². The highest BCUT2D eigenvalue weighted by Crippen LogP contribution is 2.24. The zero-order valence-electron chi connectivity index (χ0n) is 14.9. The minimum atomic E-state index is -0.321. The quantitative estimate of drug-likeness (QED) is 0.920. The molecule has 1 aromatic heterocycles. The molecule has 3 rings (SSSR count). The molecule has 1 N–H and O–H groups in total. The standard InChI is InChI=1S/C20H24N2O3/c1-13-9-14(2)12-22(11-13)20(24)16-7-6-15(3)17(10-16)21-19(23)18-5-4-8-25-18/h4-8,10,13-14H,9,11-12H2,1-3H3,(H,21,23). The van der Waals surface area contributed by atoms with E-state index < -0.39 is 0 Å². The van der Waals surface area contributed by atoms with Crippen LogP contribution in [0.15, 0.2) is 41.0 Å². The van der Waals surface area contributed by atoms with Crippen LogP contribution in [0.1, 0.15) is 46.7 Å². The number of anilines is 1. The van der Waals surface area contributed by atoms with Crippen molar-refractivity contribution in [2.24, 2.45) is 11.8 Å². The molecular weight excluding hydrogens is 316 g/mol. The lowest BCUT2D eigenvalue weighted by Crippen LogP contribution is -2.42. The lowest BCUT2D eigenvalue weighted by molar-refractivity contribution is 0.0623. The summed E-state index contributed by atoms with van der Waals surface area (Å²) in [6.07, 6.45) is 2.61. The Morgan fingerprint density at radius 1 is 1.16 bits per heavy atom. The van der Waals surface area contributed by atoms with Crippen LogP contribution in [-0.2, 0) is 0 Å². The number of aryl methyl sites for hydroxylation is 1. The molecule has 5 nitrogen and oxygen atoms in total. The van der Waals surface area contributed by atoms with Crippen LogP contribution >= 0.6 is 0 Å². The summed E-state index contributed by atoms with van der Waals surface area (Å²) >= 11 is 0. The third-order valence-electron chi connectivity index (χ3n) is 4.63. The van der Waals surface area contributed by atoms with E-state index in [0.29, 0.717) is 23.1 Å². The third kappa shape index (κ3) is 3.92. The van der Waals surface area contributed by atoms with Gasteiger partial charge in [-0.3, -0.25) is 9.59 Å². The summed E-state index contributed by atoms with van der Waals surface area (Å²) in [4.78, 5) is 27.0. The largest absolute Gasteiger partial charge is 0.459 e. The van der Waals surface area contributed by atoms with Crippen LogP contribution in [-0.4, -0.2) is 29.8 Å². The van der Waals surface area contributed by atoms with E-state index in [1.165, 1.54) is 6.26 Å². The van der Waals surface area contributed by atoms with E-state index >= 15 is 0 Å². The number of rotatable bonds is 3. The molecule has 1 aromatic carbocycles. The summed E-state index contributed by atoms with van der Waals surface area (Å²) in [6.45, 7) is 7.83. The second kappa shape index (κ2) is 7.13. The maximum Gasteiger partial charge on any atom is 0.291 e. The molecule has 2 aromatic rings. The molecule has 1 saturated heterocycles. The van der Waals surface area contributed by atoms with Gasteiger partial charge in [0.05, 0.1) is 6.26 Å². The number of benzene rings is 1. The fourth-order valence-corrected chi connectivity index (χ4v) is 3.49. The molecule has 132 valence electrons. The van der Waals surface area contributed by atoms with E-state index in [-0.39, 0.29) is 17.6 Å². The first-order valence-electron chi connectivity index (χ1n) is 8.69. The fraction of sp³-hybridized carbons (Fsp3) is 0.400. The number of hydrogen-bond donors (Lipinski definition) is 1. The van der Waals surface area contributed by atoms with Crippen molar-refractivity contribution < 1.29 is 14.0 Å². The van der Waals surface area contributed by atoms with Crippen LogP contribution < -0.4 is 5.32 Å². The average Bonchev–Trinajstić information content (AvgIpc) is 3.10.